The maximum Gasteiger partial charge on any atom is 0.240 e. The molecule has 0 saturated carbocycles. The molecule has 0 unspecified atom stereocenters. The third kappa shape index (κ3) is 2.47. The lowest BCUT2D eigenvalue weighted by Crippen LogP contribution is -2.02. The van der Waals surface area contributed by atoms with Crippen LogP contribution in [-0.4, -0.2) is 6.08 Å². The van der Waals surface area contributed by atoms with Crippen molar-refractivity contribution in [3.8, 4) is 6.07 Å². The number of isocyanates is 1. The fraction of sp³-hybridized carbons (Fsp3) is 0.429. The largest absolute Gasteiger partial charge is 0.240 e. The van der Waals surface area contributed by atoms with Gasteiger partial charge in [0.15, 0.2) is 0 Å². The average Bonchev–Trinajstić information content (AvgIpc) is 2.28. The van der Waals surface area contributed by atoms with Gasteiger partial charge in [-0.1, -0.05) is 27.7 Å². The first kappa shape index (κ1) is 14.1. The van der Waals surface area contributed by atoms with E-state index in [0.29, 0.717) is 16.8 Å². The first-order valence-corrected chi connectivity index (χ1v) is 5.78. The minimum absolute atomic E-state index is 0.00718. The molecule has 0 aliphatic carbocycles. The van der Waals surface area contributed by atoms with Crippen LogP contribution in [0.1, 0.15) is 56.2 Å². The van der Waals surface area contributed by atoms with Gasteiger partial charge in [-0.25, -0.2) is 9.18 Å². The topological polar surface area (TPSA) is 53.2 Å². The molecule has 0 heterocycles. The van der Waals surface area contributed by atoms with Gasteiger partial charge in [-0.05, 0) is 23.5 Å². The van der Waals surface area contributed by atoms with Crippen LogP contribution in [0.5, 0.6) is 0 Å². The van der Waals surface area contributed by atoms with Crippen molar-refractivity contribution < 1.29 is 9.18 Å². The zero-order valence-electron chi connectivity index (χ0n) is 10.9. The highest BCUT2D eigenvalue weighted by Crippen LogP contribution is 2.37. The molecule has 0 aliphatic heterocycles. The van der Waals surface area contributed by atoms with Gasteiger partial charge >= 0.3 is 0 Å². The number of nitrogens with zero attached hydrogens (tertiary/aromatic N) is 2. The van der Waals surface area contributed by atoms with E-state index in [1.54, 1.807) is 13.8 Å². The van der Waals surface area contributed by atoms with Crippen molar-refractivity contribution in [1.82, 2.24) is 0 Å². The molecular weight excluding hydrogens is 231 g/mol. The molecule has 0 atom stereocenters. The summed E-state index contributed by atoms with van der Waals surface area (Å²) in [5.74, 6) is -0.712. The van der Waals surface area contributed by atoms with Crippen molar-refractivity contribution >= 4 is 11.8 Å². The van der Waals surface area contributed by atoms with E-state index in [4.69, 9.17) is 5.26 Å². The molecule has 0 radical (unpaired) electrons. The Labute approximate surface area is 106 Å². The fourth-order valence-corrected chi connectivity index (χ4v) is 1.91. The molecule has 0 amide bonds. The second-order valence-electron chi connectivity index (χ2n) is 4.71. The molecule has 0 fully saturated rings. The SMILES string of the molecule is CC(C)c1cc(C#N)c(F)c(C(C)C)c1N=C=O. The lowest BCUT2D eigenvalue weighted by atomic mass is 9.90. The molecule has 0 saturated heterocycles. The molecule has 94 valence electrons. The van der Waals surface area contributed by atoms with Crippen molar-refractivity contribution in [2.24, 2.45) is 4.99 Å². The zero-order valence-corrected chi connectivity index (χ0v) is 10.9. The van der Waals surface area contributed by atoms with E-state index in [1.165, 1.54) is 12.1 Å². The normalized spacial score (nSPS) is 10.3. The van der Waals surface area contributed by atoms with Crippen LogP contribution in [-0.2, 0) is 4.79 Å². The van der Waals surface area contributed by atoms with Crippen molar-refractivity contribution in [3.63, 3.8) is 0 Å². The molecule has 0 aliphatic rings. The summed E-state index contributed by atoms with van der Waals surface area (Å²) in [5, 5.41) is 8.95. The monoisotopic (exact) mass is 246 g/mol. The number of hydrogen-bond donors (Lipinski definition) is 0. The van der Waals surface area contributed by atoms with E-state index in [0.717, 1.165) is 0 Å². The number of rotatable bonds is 3. The predicted molar refractivity (Wildman–Crippen MR) is 67.1 cm³/mol. The molecule has 1 aromatic carbocycles. The van der Waals surface area contributed by atoms with Crippen LogP contribution in [0.15, 0.2) is 11.1 Å². The first-order valence-electron chi connectivity index (χ1n) is 5.78. The Morgan fingerprint density at radius 1 is 1.28 bits per heavy atom. The predicted octanol–water partition coefficient (Wildman–Crippen LogP) is 3.91. The van der Waals surface area contributed by atoms with Crippen LogP contribution in [0.2, 0.25) is 0 Å². The third-order valence-corrected chi connectivity index (χ3v) is 2.78. The Morgan fingerprint density at radius 2 is 1.89 bits per heavy atom. The number of benzene rings is 1. The molecule has 0 bridgehead atoms. The van der Waals surface area contributed by atoms with E-state index in [9.17, 15) is 9.18 Å². The quantitative estimate of drug-likeness (QED) is 0.599. The van der Waals surface area contributed by atoms with Crippen LogP contribution < -0.4 is 0 Å². The lowest BCUT2D eigenvalue weighted by Gasteiger charge is -2.17. The zero-order chi connectivity index (χ0) is 13.9. The molecule has 0 spiro atoms. The smallest absolute Gasteiger partial charge is 0.211 e. The highest BCUT2D eigenvalue weighted by molar-refractivity contribution is 5.63. The summed E-state index contributed by atoms with van der Waals surface area (Å²) in [7, 11) is 0. The van der Waals surface area contributed by atoms with Gasteiger partial charge in [0.2, 0.25) is 6.08 Å². The molecule has 0 N–H and O–H groups in total. The first-order chi connectivity index (χ1) is 8.43. The minimum atomic E-state index is -0.592. The second-order valence-corrected chi connectivity index (χ2v) is 4.71. The van der Waals surface area contributed by atoms with Gasteiger partial charge in [0.1, 0.15) is 11.9 Å². The Bertz CT molecular complexity index is 550. The Balaban J connectivity index is 3.79. The maximum absolute atomic E-state index is 14.1. The molecule has 4 heteroatoms. The summed E-state index contributed by atoms with van der Waals surface area (Å²) in [5.41, 5.74) is 1.31. The van der Waals surface area contributed by atoms with Gasteiger partial charge < -0.3 is 0 Å². The van der Waals surface area contributed by atoms with E-state index in [-0.39, 0.29) is 17.4 Å². The van der Waals surface area contributed by atoms with Gasteiger partial charge in [-0.3, -0.25) is 0 Å². The van der Waals surface area contributed by atoms with E-state index in [2.05, 4.69) is 4.99 Å². The number of carbonyl (C=O) groups excluding carboxylic acids is 1. The highest BCUT2D eigenvalue weighted by atomic mass is 19.1. The molecule has 1 rings (SSSR count). The summed E-state index contributed by atoms with van der Waals surface area (Å²) >= 11 is 0. The van der Waals surface area contributed by atoms with Crippen molar-refractivity contribution in [3.05, 3.63) is 28.6 Å². The summed E-state index contributed by atoms with van der Waals surface area (Å²) in [6.07, 6.45) is 1.46. The third-order valence-electron chi connectivity index (χ3n) is 2.78. The van der Waals surface area contributed by atoms with E-state index in [1.807, 2.05) is 19.9 Å². The van der Waals surface area contributed by atoms with Gasteiger partial charge in [0.05, 0.1) is 11.3 Å². The molecule has 0 aromatic heterocycles. The van der Waals surface area contributed by atoms with Gasteiger partial charge in [-0.2, -0.15) is 10.3 Å². The van der Waals surface area contributed by atoms with Gasteiger partial charge in [0, 0.05) is 5.56 Å². The van der Waals surface area contributed by atoms with Crippen LogP contribution in [0.4, 0.5) is 10.1 Å². The molecule has 1 aromatic rings. The molecule has 18 heavy (non-hydrogen) atoms. The van der Waals surface area contributed by atoms with Crippen molar-refractivity contribution in [1.29, 1.82) is 5.26 Å². The Morgan fingerprint density at radius 3 is 2.28 bits per heavy atom. The highest BCUT2D eigenvalue weighted by Gasteiger charge is 2.21. The van der Waals surface area contributed by atoms with E-state index < -0.39 is 5.82 Å². The van der Waals surface area contributed by atoms with Gasteiger partial charge in [-0.15, -0.1) is 0 Å². The molecular formula is C14H15FN2O. The minimum Gasteiger partial charge on any atom is -0.211 e. The summed E-state index contributed by atoms with van der Waals surface area (Å²) < 4.78 is 14.1. The molecule has 3 nitrogen and oxygen atoms in total. The average molecular weight is 246 g/mol. The summed E-state index contributed by atoms with van der Waals surface area (Å²) in [6, 6.07) is 3.30. The van der Waals surface area contributed by atoms with Crippen LogP contribution in [0.25, 0.3) is 0 Å². The second kappa shape index (κ2) is 5.57. The van der Waals surface area contributed by atoms with Crippen LogP contribution >= 0.6 is 0 Å². The van der Waals surface area contributed by atoms with Crippen LogP contribution in [0, 0.1) is 17.1 Å². The summed E-state index contributed by atoms with van der Waals surface area (Å²) in [4.78, 5) is 14.1. The van der Waals surface area contributed by atoms with Crippen molar-refractivity contribution in [2.45, 2.75) is 39.5 Å². The number of hydrogen-bond acceptors (Lipinski definition) is 3. The summed E-state index contributed by atoms with van der Waals surface area (Å²) in [6.45, 7) is 7.41. The van der Waals surface area contributed by atoms with Crippen LogP contribution in [0.3, 0.4) is 0 Å². The Hall–Kier alpha value is -1.98. The fourth-order valence-electron chi connectivity index (χ4n) is 1.91. The Kier molecular flexibility index (Phi) is 4.36. The van der Waals surface area contributed by atoms with E-state index >= 15 is 0 Å². The number of nitriles is 1. The van der Waals surface area contributed by atoms with Crippen molar-refractivity contribution in [2.75, 3.05) is 0 Å². The number of halogens is 1. The van der Waals surface area contributed by atoms with Gasteiger partial charge in [0.25, 0.3) is 0 Å². The maximum atomic E-state index is 14.1. The standard InChI is InChI=1S/C14H15FN2O/c1-8(2)11-5-10(6-16)13(15)12(9(3)4)14(11)17-7-18/h5,8-9H,1-4H3. The number of aliphatic imine (C=N–C) groups is 1. The lowest BCUT2D eigenvalue weighted by molar-refractivity contribution is 0.564.